The molecule has 0 spiro atoms. The summed E-state index contributed by atoms with van der Waals surface area (Å²) in [5, 5.41) is 12.2. The van der Waals surface area contributed by atoms with Gasteiger partial charge in [0.2, 0.25) is 0 Å². The number of carboxylic acids is 1. The highest BCUT2D eigenvalue weighted by Gasteiger charge is 2.45. The van der Waals surface area contributed by atoms with Crippen LogP contribution in [0.3, 0.4) is 0 Å². The number of carbonyl (C=O) groups is 2. The van der Waals surface area contributed by atoms with Crippen LogP contribution in [0.2, 0.25) is 0 Å². The van der Waals surface area contributed by atoms with Crippen molar-refractivity contribution >= 4 is 12.1 Å². The maximum Gasteiger partial charge on any atom is 0.408 e. The number of carboxylic acid groups (broad SMARTS) is 1. The number of alkyl carbamates (subject to hydrolysis) is 1. The van der Waals surface area contributed by atoms with Gasteiger partial charge in [0, 0.05) is 0 Å². The van der Waals surface area contributed by atoms with Crippen molar-refractivity contribution in [2.24, 2.45) is 11.8 Å². The van der Waals surface area contributed by atoms with Crippen molar-refractivity contribution < 1.29 is 19.4 Å². The SMILES string of the molecule is C[C@H]1C[C@H](C)CC(NC(=O)OCc2ccccc2)(C(=O)O)C1. The first-order valence-electron chi connectivity index (χ1n) is 7.63. The number of carbonyl (C=O) groups excluding carboxylic acids is 1. The van der Waals surface area contributed by atoms with Gasteiger partial charge in [0.1, 0.15) is 12.1 Å². The molecule has 0 saturated heterocycles. The van der Waals surface area contributed by atoms with Crippen molar-refractivity contribution in [3.05, 3.63) is 35.9 Å². The Hall–Kier alpha value is -2.04. The summed E-state index contributed by atoms with van der Waals surface area (Å²) < 4.78 is 5.16. The molecule has 1 aliphatic rings. The van der Waals surface area contributed by atoms with Gasteiger partial charge in [-0.1, -0.05) is 44.2 Å². The van der Waals surface area contributed by atoms with Crippen molar-refractivity contribution in [3.8, 4) is 0 Å². The molecule has 22 heavy (non-hydrogen) atoms. The molecule has 0 aromatic heterocycles. The summed E-state index contributed by atoms with van der Waals surface area (Å²) in [6.07, 6.45) is 1.18. The maximum atomic E-state index is 12.0. The van der Waals surface area contributed by atoms with Gasteiger partial charge in [-0.15, -0.1) is 0 Å². The van der Waals surface area contributed by atoms with E-state index in [9.17, 15) is 14.7 Å². The van der Waals surface area contributed by atoms with Crippen LogP contribution in [0.5, 0.6) is 0 Å². The number of hydrogen-bond donors (Lipinski definition) is 2. The Labute approximate surface area is 130 Å². The Morgan fingerprint density at radius 3 is 2.36 bits per heavy atom. The van der Waals surface area contributed by atoms with E-state index >= 15 is 0 Å². The first kappa shape index (κ1) is 16.3. The highest BCUT2D eigenvalue weighted by molar-refractivity contribution is 5.84. The molecule has 0 bridgehead atoms. The molecule has 1 amide bonds. The fourth-order valence-corrected chi connectivity index (χ4v) is 3.41. The van der Waals surface area contributed by atoms with Crippen LogP contribution in [0.15, 0.2) is 30.3 Å². The summed E-state index contributed by atoms with van der Waals surface area (Å²) >= 11 is 0. The van der Waals surface area contributed by atoms with Gasteiger partial charge in [-0.2, -0.15) is 0 Å². The van der Waals surface area contributed by atoms with E-state index in [1.165, 1.54) is 0 Å². The van der Waals surface area contributed by atoms with Gasteiger partial charge < -0.3 is 15.2 Å². The minimum absolute atomic E-state index is 0.132. The van der Waals surface area contributed by atoms with Gasteiger partial charge in [0.25, 0.3) is 0 Å². The standard InChI is InChI=1S/C17H23NO4/c1-12-8-13(2)10-17(9-12,15(19)20)18-16(21)22-11-14-6-4-3-5-7-14/h3-7,12-13H,8-11H2,1-2H3,(H,18,21)(H,19,20)/t12-,13-/m0/s1. The highest BCUT2D eigenvalue weighted by atomic mass is 16.5. The molecule has 1 aromatic carbocycles. The number of rotatable bonds is 4. The molecular weight excluding hydrogens is 282 g/mol. The van der Waals surface area contributed by atoms with E-state index < -0.39 is 17.6 Å². The van der Waals surface area contributed by atoms with Crippen molar-refractivity contribution in [2.75, 3.05) is 0 Å². The number of aliphatic carboxylic acids is 1. The van der Waals surface area contributed by atoms with E-state index in [0.29, 0.717) is 12.8 Å². The fraction of sp³-hybridized carbons (Fsp3) is 0.529. The Balaban J connectivity index is 1.99. The van der Waals surface area contributed by atoms with Crippen molar-refractivity contribution in [3.63, 3.8) is 0 Å². The first-order valence-corrected chi connectivity index (χ1v) is 7.63. The van der Waals surface area contributed by atoms with Crippen LogP contribution in [0.1, 0.15) is 38.7 Å². The third-order valence-electron chi connectivity index (χ3n) is 4.16. The third kappa shape index (κ3) is 4.00. The molecule has 1 aromatic rings. The fourth-order valence-electron chi connectivity index (χ4n) is 3.41. The average molecular weight is 305 g/mol. The molecule has 5 nitrogen and oxygen atoms in total. The molecule has 0 aliphatic heterocycles. The van der Waals surface area contributed by atoms with E-state index in [1.54, 1.807) is 0 Å². The second kappa shape index (κ2) is 6.81. The Kier molecular flexibility index (Phi) is 5.06. The molecular formula is C17H23NO4. The van der Waals surface area contributed by atoms with Crippen LogP contribution < -0.4 is 5.32 Å². The summed E-state index contributed by atoms with van der Waals surface area (Å²) in [6.45, 7) is 4.17. The van der Waals surface area contributed by atoms with Crippen LogP contribution in [-0.4, -0.2) is 22.7 Å². The molecule has 0 radical (unpaired) electrons. The summed E-state index contributed by atoms with van der Waals surface area (Å²) in [5.74, 6) is -0.467. The van der Waals surface area contributed by atoms with Gasteiger partial charge in [-0.05, 0) is 36.7 Å². The van der Waals surface area contributed by atoms with E-state index in [4.69, 9.17) is 4.74 Å². The first-order chi connectivity index (χ1) is 10.4. The number of nitrogens with one attached hydrogen (secondary N) is 1. The predicted molar refractivity (Wildman–Crippen MR) is 82.3 cm³/mol. The predicted octanol–water partition coefficient (Wildman–Crippen LogP) is 3.19. The number of hydrogen-bond acceptors (Lipinski definition) is 3. The molecule has 1 aliphatic carbocycles. The largest absolute Gasteiger partial charge is 0.480 e. The van der Waals surface area contributed by atoms with Crippen molar-refractivity contribution in [1.29, 1.82) is 0 Å². The van der Waals surface area contributed by atoms with Gasteiger partial charge >= 0.3 is 12.1 Å². The smallest absolute Gasteiger partial charge is 0.408 e. The third-order valence-corrected chi connectivity index (χ3v) is 4.16. The topological polar surface area (TPSA) is 75.6 Å². The van der Waals surface area contributed by atoms with Crippen LogP contribution in [0.4, 0.5) is 4.79 Å². The summed E-state index contributed by atoms with van der Waals surface area (Å²) in [7, 11) is 0. The summed E-state index contributed by atoms with van der Waals surface area (Å²) in [4.78, 5) is 23.7. The van der Waals surface area contributed by atoms with Crippen molar-refractivity contribution in [2.45, 2.75) is 45.3 Å². The lowest BCUT2D eigenvalue weighted by Crippen LogP contribution is -2.58. The molecule has 1 fully saturated rings. The van der Waals surface area contributed by atoms with E-state index in [0.717, 1.165) is 12.0 Å². The summed E-state index contributed by atoms with van der Waals surface area (Å²) in [5.41, 5.74) is -0.349. The molecule has 120 valence electrons. The molecule has 2 rings (SSSR count). The minimum Gasteiger partial charge on any atom is -0.480 e. The molecule has 5 heteroatoms. The second-order valence-corrected chi connectivity index (χ2v) is 6.43. The average Bonchev–Trinajstić information content (AvgIpc) is 2.45. The number of ether oxygens (including phenoxy) is 1. The van der Waals surface area contributed by atoms with Gasteiger partial charge in [-0.3, -0.25) is 0 Å². The maximum absolute atomic E-state index is 12.0. The van der Waals surface area contributed by atoms with E-state index in [2.05, 4.69) is 5.32 Å². The quantitative estimate of drug-likeness (QED) is 0.895. The van der Waals surface area contributed by atoms with Crippen LogP contribution >= 0.6 is 0 Å². The highest BCUT2D eigenvalue weighted by Crippen LogP contribution is 2.36. The van der Waals surface area contributed by atoms with Crippen molar-refractivity contribution in [1.82, 2.24) is 5.32 Å². The zero-order valence-corrected chi connectivity index (χ0v) is 13.0. The van der Waals surface area contributed by atoms with Gasteiger partial charge in [0.05, 0.1) is 0 Å². The van der Waals surface area contributed by atoms with Crippen LogP contribution in [0.25, 0.3) is 0 Å². The Bertz CT molecular complexity index is 519. The zero-order chi connectivity index (χ0) is 16.2. The number of benzene rings is 1. The molecule has 1 saturated carbocycles. The zero-order valence-electron chi connectivity index (χ0n) is 13.0. The lowest BCUT2D eigenvalue weighted by molar-refractivity contribution is -0.147. The number of amides is 1. The summed E-state index contributed by atoms with van der Waals surface area (Å²) in [6, 6.07) is 9.31. The van der Waals surface area contributed by atoms with Crippen LogP contribution in [0, 0.1) is 11.8 Å². The van der Waals surface area contributed by atoms with Crippen LogP contribution in [-0.2, 0) is 16.1 Å². The lowest BCUT2D eigenvalue weighted by atomic mass is 9.71. The van der Waals surface area contributed by atoms with E-state index in [-0.39, 0.29) is 18.4 Å². The molecule has 0 heterocycles. The molecule has 2 N–H and O–H groups in total. The molecule has 2 atom stereocenters. The minimum atomic E-state index is -1.22. The van der Waals surface area contributed by atoms with Gasteiger partial charge in [0.15, 0.2) is 0 Å². The van der Waals surface area contributed by atoms with Gasteiger partial charge in [-0.25, -0.2) is 9.59 Å². The molecule has 0 unspecified atom stereocenters. The Morgan fingerprint density at radius 2 is 1.82 bits per heavy atom. The second-order valence-electron chi connectivity index (χ2n) is 6.43. The lowest BCUT2D eigenvalue weighted by Gasteiger charge is -2.39. The Morgan fingerprint density at radius 1 is 1.23 bits per heavy atom. The monoisotopic (exact) mass is 305 g/mol. The van der Waals surface area contributed by atoms with E-state index in [1.807, 2.05) is 44.2 Å². The normalized spacial score (nSPS) is 27.9.